The number of aromatic nitrogens is 2. The number of rotatable bonds is 5. The van der Waals surface area contributed by atoms with Crippen LogP contribution in [0.3, 0.4) is 0 Å². The molecule has 1 aliphatic rings. The van der Waals surface area contributed by atoms with Gasteiger partial charge < -0.3 is 9.13 Å². The lowest BCUT2D eigenvalue weighted by molar-refractivity contribution is -0.165. The maximum Gasteiger partial charge on any atom is 0.416 e. The molecule has 0 spiro atoms. The number of benzene rings is 7. The van der Waals surface area contributed by atoms with E-state index in [0.29, 0.717) is 41.8 Å². The van der Waals surface area contributed by atoms with Gasteiger partial charge in [-0.25, -0.2) is 4.85 Å². The number of hydrogen-bond acceptors (Lipinski definition) is 0. The minimum absolute atomic E-state index is 0.0399. The van der Waals surface area contributed by atoms with Gasteiger partial charge in [-0.2, -0.15) is 79.0 Å². The number of fused-ring (bicyclic) bond motifs is 6. The Morgan fingerprint density at radius 3 is 1.42 bits per heavy atom. The van der Waals surface area contributed by atoms with Crippen LogP contribution >= 0.6 is 0 Å². The average Bonchev–Trinajstić information content (AvgIpc) is 3.92. The fourth-order valence-corrected chi connectivity index (χ4v) is 9.76. The Hall–Kier alpha value is -8.15. The zero-order valence-corrected chi connectivity index (χ0v) is 37.8. The summed E-state index contributed by atoms with van der Waals surface area (Å²) in [5, 5.41) is 1.00. The van der Waals surface area contributed by atoms with E-state index >= 15 is 0 Å². The van der Waals surface area contributed by atoms with Crippen molar-refractivity contribution in [2.45, 2.75) is 43.5 Å². The Balaban J connectivity index is 1.30. The SMILES string of the molecule is [C-]#[N+]c1cc(-n2c3ccccc3c3cc(C4=CC(C(F)(F)F)CC(C(F)(F)F)=C4)ccc32)c(-n2c3ccccc3c3cc(-c4cc(C(F)(F)F)cc(C(F)(F)F)c4)ccc32)cc1-c1ccc(C(F)(F)F)cc1C(F)(F)F. The molecule has 21 heteroatoms. The Labute approximate surface area is 415 Å². The molecule has 1 unspecified atom stereocenters. The molecule has 0 amide bonds. The Bertz CT molecular complexity index is 3920. The number of hydrogen-bond donors (Lipinski definition) is 0. The van der Waals surface area contributed by atoms with E-state index in [-0.39, 0.29) is 72.9 Å². The van der Waals surface area contributed by atoms with E-state index in [1.807, 2.05) is 0 Å². The second-order valence-electron chi connectivity index (χ2n) is 17.8. The van der Waals surface area contributed by atoms with Gasteiger partial charge in [0, 0.05) is 27.1 Å². The van der Waals surface area contributed by atoms with Crippen molar-refractivity contribution >= 4 is 54.9 Å². The van der Waals surface area contributed by atoms with Gasteiger partial charge in [-0.1, -0.05) is 60.7 Å². The van der Waals surface area contributed by atoms with E-state index in [4.69, 9.17) is 6.57 Å². The molecule has 9 aromatic rings. The van der Waals surface area contributed by atoms with Crippen LogP contribution in [-0.4, -0.2) is 21.5 Å². The fourth-order valence-electron chi connectivity index (χ4n) is 9.76. The van der Waals surface area contributed by atoms with Crippen molar-refractivity contribution in [3.05, 3.63) is 190 Å². The molecule has 388 valence electrons. The smallest absolute Gasteiger partial charge is 0.308 e. The van der Waals surface area contributed by atoms with E-state index < -0.39 is 105 Å². The molecule has 7 aromatic carbocycles. The van der Waals surface area contributed by atoms with E-state index in [1.54, 1.807) is 24.3 Å². The van der Waals surface area contributed by atoms with E-state index in [0.717, 1.165) is 12.1 Å². The summed E-state index contributed by atoms with van der Waals surface area (Å²) in [5.74, 6) is -2.51. The van der Waals surface area contributed by atoms with Crippen LogP contribution in [0.1, 0.15) is 34.2 Å². The van der Waals surface area contributed by atoms with Crippen LogP contribution in [0, 0.1) is 12.5 Å². The minimum atomic E-state index is -5.46. The number of allylic oxidation sites excluding steroid dienone is 4. The van der Waals surface area contributed by atoms with Crippen molar-refractivity contribution in [3.63, 3.8) is 0 Å². The highest BCUT2D eigenvalue weighted by molar-refractivity contribution is 6.13. The van der Waals surface area contributed by atoms with Crippen LogP contribution in [0.15, 0.2) is 151 Å². The van der Waals surface area contributed by atoms with Crippen LogP contribution in [-0.2, 0) is 24.7 Å². The predicted molar refractivity (Wildman–Crippen MR) is 249 cm³/mol. The monoisotopic (exact) mass is 1070 g/mol. The largest absolute Gasteiger partial charge is 0.416 e. The molecule has 0 aliphatic heterocycles. The highest BCUT2D eigenvalue weighted by atomic mass is 19.4. The molecule has 2 heterocycles. The molecule has 0 bridgehead atoms. The van der Waals surface area contributed by atoms with Gasteiger partial charge in [-0.15, -0.1) is 0 Å². The lowest BCUT2D eigenvalue weighted by Crippen LogP contribution is -2.27. The summed E-state index contributed by atoms with van der Waals surface area (Å²) in [5.41, 5.74) is -10.6. The first-order chi connectivity index (χ1) is 35.4. The van der Waals surface area contributed by atoms with Crippen LogP contribution in [0.4, 0.5) is 84.7 Å². The standard InChI is InChI=1S/C55H27F18N3/c1-74-43-26-49(76-45-9-5-3-7-38(45)41-21-28(11-15-47(41)76)30-18-34(53(65,66)67)23-35(19-30)54(68,69)70)48(25-39(43)36-13-12-31(50(56,57)58)24-42(36)55(71,72)73)75-44-8-4-2-6-37(44)40-20-27(10-14-46(40)75)29-16-32(51(59,60)61)22-33(17-29)52(62,63)64/h2-22,24-26,34H,23H2. The van der Waals surface area contributed by atoms with Gasteiger partial charge in [-0.05, 0) is 125 Å². The Morgan fingerprint density at radius 2 is 0.921 bits per heavy atom. The van der Waals surface area contributed by atoms with Gasteiger partial charge in [0.2, 0.25) is 0 Å². The molecular formula is C55H27F18N3. The van der Waals surface area contributed by atoms with Gasteiger partial charge in [0.1, 0.15) is 0 Å². The molecule has 0 radical (unpaired) electrons. The topological polar surface area (TPSA) is 14.2 Å². The van der Waals surface area contributed by atoms with Gasteiger partial charge in [0.15, 0.2) is 5.69 Å². The Kier molecular flexibility index (Phi) is 11.8. The van der Waals surface area contributed by atoms with Crippen molar-refractivity contribution < 1.29 is 79.0 Å². The van der Waals surface area contributed by atoms with Crippen molar-refractivity contribution in [2.75, 3.05) is 0 Å². The maximum atomic E-state index is 15.0. The molecule has 2 aromatic heterocycles. The zero-order chi connectivity index (χ0) is 54.8. The first kappa shape index (κ1) is 51.3. The molecular weight excluding hydrogens is 1040 g/mol. The lowest BCUT2D eigenvalue weighted by atomic mass is 9.86. The molecule has 0 N–H and O–H groups in total. The third-order valence-corrected chi connectivity index (χ3v) is 13.2. The first-order valence-corrected chi connectivity index (χ1v) is 22.2. The first-order valence-electron chi connectivity index (χ1n) is 22.2. The molecule has 0 saturated carbocycles. The van der Waals surface area contributed by atoms with Crippen molar-refractivity contribution in [3.8, 4) is 33.6 Å². The summed E-state index contributed by atoms with van der Waals surface area (Å²) < 4.78 is 259. The van der Waals surface area contributed by atoms with E-state index in [9.17, 15) is 79.0 Å². The summed E-state index contributed by atoms with van der Waals surface area (Å²) in [7, 11) is 0. The molecule has 76 heavy (non-hydrogen) atoms. The van der Waals surface area contributed by atoms with Crippen LogP contribution in [0.5, 0.6) is 0 Å². The summed E-state index contributed by atoms with van der Waals surface area (Å²) in [6.07, 6.45) is -31.4. The lowest BCUT2D eigenvalue weighted by Gasteiger charge is -2.25. The van der Waals surface area contributed by atoms with Crippen molar-refractivity contribution in [1.29, 1.82) is 0 Å². The minimum Gasteiger partial charge on any atom is -0.308 e. The van der Waals surface area contributed by atoms with Gasteiger partial charge >= 0.3 is 37.1 Å². The predicted octanol–water partition coefficient (Wildman–Crippen LogP) is 19.3. The summed E-state index contributed by atoms with van der Waals surface area (Å²) in [4.78, 5) is 3.52. The van der Waals surface area contributed by atoms with Gasteiger partial charge in [-0.3, -0.25) is 0 Å². The normalized spacial score (nSPS) is 15.2. The second-order valence-corrected chi connectivity index (χ2v) is 17.8. The van der Waals surface area contributed by atoms with Crippen molar-refractivity contribution in [1.82, 2.24) is 9.13 Å². The van der Waals surface area contributed by atoms with Crippen LogP contribution < -0.4 is 0 Å². The molecule has 10 rings (SSSR count). The van der Waals surface area contributed by atoms with E-state index in [1.165, 1.54) is 69.8 Å². The number of nitrogens with zero attached hydrogens (tertiary/aromatic N) is 3. The molecule has 1 aliphatic carbocycles. The summed E-state index contributed by atoms with van der Waals surface area (Å²) in [6, 6.07) is 24.1. The third-order valence-electron chi connectivity index (χ3n) is 13.2. The third kappa shape index (κ3) is 9.06. The molecule has 0 fully saturated rings. The molecule has 1 atom stereocenters. The number of para-hydroxylation sites is 2. The van der Waals surface area contributed by atoms with Crippen molar-refractivity contribution in [2.24, 2.45) is 5.92 Å². The molecule has 0 saturated heterocycles. The summed E-state index contributed by atoms with van der Waals surface area (Å²) >= 11 is 0. The highest BCUT2D eigenvalue weighted by Crippen LogP contribution is 2.50. The van der Waals surface area contributed by atoms with Gasteiger partial charge in [0.05, 0.1) is 68.2 Å². The quantitative estimate of drug-likeness (QED) is 0.120. The fraction of sp³-hybridized carbons (Fsp3) is 0.145. The van der Waals surface area contributed by atoms with Gasteiger partial charge in [0.25, 0.3) is 0 Å². The second kappa shape index (κ2) is 17.5. The molecule has 3 nitrogen and oxygen atoms in total. The highest BCUT2D eigenvalue weighted by Gasteiger charge is 2.46. The maximum absolute atomic E-state index is 15.0. The zero-order valence-electron chi connectivity index (χ0n) is 37.8. The van der Waals surface area contributed by atoms with Crippen LogP contribution in [0.2, 0.25) is 0 Å². The Morgan fingerprint density at radius 1 is 0.421 bits per heavy atom. The number of halogens is 18. The van der Waals surface area contributed by atoms with Crippen LogP contribution in [0.25, 0.3) is 87.7 Å². The summed E-state index contributed by atoms with van der Waals surface area (Å²) in [6.45, 7) is 8.27. The number of alkyl halides is 18. The van der Waals surface area contributed by atoms with E-state index in [2.05, 4.69) is 4.85 Å². The average molecular weight is 1070 g/mol.